The standard InChI is InChI=1S/C8H19NS/c1-7(2)8-9-5-6-10(8,3)4/h7-9H,5-6H2,1-4H3. The van der Waals surface area contributed by atoms with E-state index in [1.807, 2.05) is 0 Å². The molecular formula is C8H19NS. The van der Waals surface area contributed by atoms with Gasteiger partial charge in [-0.05, 0) is 24.2 Å². The second kappa shape index (κ2) is 2.74. The maximum absolute atomic E-state index is 3.58. The van der Waals surface area contributed by atoms with Crippen molar-refractivity contribution in [1.29, 1.82) is 0 Å². The van der Waals surface area contributed by atoms with E-state index in [0.717, 1.165) is 11.3 Å². The lowest BCUT2D eigenvalue weighted by Gasteiger charge is -2.35. The second-order valence-electron chi connectivity index (χ2n) is 3.95. The summed E-state index contributed by atoms with van der Waals surface area (Å²) in [4.78, 5) is 0. The summed E-state index contributed by atoms with van der Waals surface area (Å²) in [7, 11) is -0.297. The van der Waals surface area contributed by atoms with Gasteiger partial charge in [0.05, 0.1) is 0 Å². The fourth-order valence-corrected chi connectivity index (χ4v) is 4.73. The van der Waals surface area contributed by atoms with Gasteiger partial charge >= 0.3 is 0 Å². The lowest BCUT2D eigenvalue weighted by atomic mass is 10.2. The Labute approximate surface area is 65.9 Å². The van der Waals surface area contributed by atoms with Crippen LogP contribution in [0.4, 0.5) is 0 Å². The van der Waals surface area contributed by atoms with Gasteiger partial charge in [0.1, 0.15) is 0 Å². The van der Waals surface area contributed by atoms with E-state index in [1.54, 1.807) is 0 Å². The van der Waals surface area contributed by atoms with E-state index < -0.39 is 0 Å². The molecule has 10 heavy (non-hydrogen) atoms. The van der Waals surface area contributed by atoms with Gasteiger partial charge in [0.2, 0.25) is 0 Å². The molecule has 0 bridgehead atoms. The van der Waals surface area contributed by atoms with E-state index in [0.29, 0.717) is 0 Å². The molecule has 0 saturated carbocycles. The topological polar surface area (TPSA) is 12.0 Å². The molecule has 0 amide bonds. The van der Waals surface area contributed by atoms with Gasteiger partial charge in [-0.1, -0.05) is 13.8 Å². The van der Waals surface area contributed by atoms with Crippen LogP contribution in [0.2, 0.25) is 0 Å². The van der Waals surface area contributed by atoms with Crippen molar-refractivity contribution >= 4 is 10.0 Å². The first-order valence-corrected chi connectivity index (χ1v) is 6.65. The zero-order valence-corrected chi connectivity index (χ0v) is 8.29. The lowest BCUT2D eigenvalue weighted by Crippen LogP contribution is -2.29. The van der Waals surface area contributed by atoms with Crippen molar-refractivity contribution in [2.24, 2.45) is 5.92 Å². The van der Waals surface area contributed by atoms with Crippen LogP contribution < -0.4 is 5.32 Å². The van der Waals surface area contributed by atoms with E-state index in [9.17, 15) is 0 Å². The molecule has 62 valence electrons. The molecule has 1 saturated heterocycles. The third-order valence-electron chi connectivity index (χ3n) is 2.27. The van der Waals surface area contributed by atoms with Gasteiger partial charge in [-0.2, -0.15) is 0 Å². The zero-order chi connectivity index (χ0) is 7.78. The van der Waals surface area contributed by atoms with Gasteiger partial charge in [-0.25, -0.2) is 10.0 Å². The van der Waals surface area contributed by atoms with E-state index in [4.69, 9.17) is 0 Å². The Morgan fingerprint density at radius 2 is 2.00 bits per heavy atom. The average Bonchev–Trinajstić information content (AvgIpc) is 2.08. The maximum Gasteiger partial charge on any atom is 0.0396 e. The summed E-state index contributed by atoms with van der Waals surface area (Å²) < 4.78 is 0. The van der Waals surface area contributed by atoms with Crippen LogP contribution in [0, 0.1) is 5.92 Å². The summed E-state index contributed by atoms with van der Waals surface area (Å²) in [6.07, 6.45) is 4.88. The molecule has 1 rings (SSSR count). The largest absolute Gasteiger partial charge is 0.306 e. The summed E-state index contributed by atoms with van der Waals surface area (Å²) in [5.74, 6) is 2.23. The van der Waals surface area contributed by atoms with E-state index >= 15 is 0 Å². The van der Waals surface area contributed by atoms with Crippen molar-refractivity contribution in [3.05, 3.63) is 0 Å². The fraction of sp³-hybridized carbons (Fsp3) is 1.00. The van der Waals surface area contributed by atoms with Crippen LogP contribution >= 0.6 is 10.0 Å². The molecule has 0 spiro atoms. The quantitative estimate of drug-likeness (QED) is 0.616. The molecule has 1 fully saturated rings. The summed E-state index contributed by atoms with van der Waals surface area (Å²) in [5.41, 5.74) is 0. The van der Waals surface area contributed by atoms with E-state index in [2.05, 4.69) is 31.7 Å². The Morgan fingerprint density at radius 1 is 1.40 bits per heavy atom. The third kappa shape index (κ3) is 1.48. The van der Waals surface area contributed by atoms with Crippen molar-refractivity contribution in [2.45, 2.75) is 19.2 Å². The zero-order valence-electron chi connectivity index (χ0n) is 7.48. The number of hydrogen-bond donors (Lipinski definition) is 1. The Kier molecular flexibility index (Phi) is 2.31. The molecule has 2 heteroatoms. The van der Waals surface area contributed by atoms with Crippen LogP contribution in [0.1, 0.15) is 13.8 Å². The Bertz CT molecular complexity index is 120. The molecule has 1 aliphatic rings. The van der Waals surface area contributed by atoms with Crippen LogP contribution in [-0.2, 0) is 0 Å². The van der Waals surface area contributed by atoms with Crippen LogP contribution in [0.5, 0.6) is 0 Å². The van der Waals surface area contributed by atoms with E-state index in [1.165, 1.54) is 12.3 Å². The van der Waals surface area contributed by atoms with Crippen molar-refractivity contribution in [3.63, 3.8) is 0 Å². The molecule has 1 atom stereocenters. The minimum atomic E-state index is -0.297. The van der Waals surface area contributed by atoms with Crippen molar-refractivity contribution < 1.29 is 0 Å². The molecule has 1 heterocycles. The molecule has 0 radical (unpaired) electrons. The molecule has 1 aliphatic heterocycles. The molecule has 0 aromatic heterocycles. The van der Waals surface area contributed by atoms with Crippen LogP contribution in [-0.4, -0.2) is 30.2 Å². The van der Waals surface area contributed by atoms with Gasteiger partial charge in [0.25, 0.3) is 0 Å². The first-order chi connectivity index (χ1) is 4.54. The highest BCUT2D eigenvalue weighted by Crippen LogP contribution is 2.49. The van der Waals surface area contributed by atoms with Crippen LogP contribution in [0.25, 0.3) is 0 Å². The highest BCUT2D eigenvalue weighted by atomic mass is 32.3. The van der Waals surface area contributed by atoms with E-state index in [-0.39, 0.29) is 10.0 Å². The van der Waals surface area contributed by atoms with Crippen LogP contribution in [0.15, 0.2) is 0 Å². The molecule has 0 aliphatic carbocycles. The minimum absolute atomic E-state index is 0.297. The molecule has 0 aromatic carbocycles. The van der Waals surface area contributed by atoms with Gasteiger partial charge in [0.15, 0.2) is 0 Å². The molecule has 1 unspecified atom stereocenters. The molecular weight excluding hydrogens is 142 g/mol. The van der Waals surface area contributed by atoms with Gasteiger partial charge in [-0.3, -0.25) is 0 Å². The number of rotatable bonds is 1. The maximum atomic E-state index is 3.58. The summed E-state index contributed by atoms with van der Waals surface area (Å²) >= 11 is 0. The highest BCUT2D eigenvalue weighted by molar-refractivity contribution is 8.33. The summed E-state index contributed by atoms with van der Waals surface area (Å²) in [6, 6.07) is 0. The Balaban J connectivity index is 2.59. The fourth-order valence-electron chi connectivity index (χ4n) is 1.79. The van der Waals surface area contributed by atoms with Gasteiger partial charge < -0.3 is 5.32 Å². The molecule has 0 aromatic rings. The lowest BCUT2D eigenvalue weighted by molar-refractivity contribution is 0.542. The first-order valence-electron chi connectivity index (χ1n) is 3.97. The average molecular weight is 161 g/mol. The van der Waals surface area contributed by atoms with Crippen molar-refractivity contribution in [3.8, 4) is 0 Å². The van der Waals surface area contributed by atoms with Crippen LogP contribution in [0.3, 0.4) is 0 Å². The smallest absolute Gasteiger partial charge is 0.0396 e. The Morgan fingerprint density at radius 3 is 2.20 bits per heavy atom. The SMILES string of the molecule is CC(C)C1NCCS1(C)C. The molecule has 1 nitrogen and oxygen atoms in total. The van der Waals surface area contributed by atoms with Crippen molar-refractivity contribution in [1.82, 2.24) is 5.32 Å². The number of hydrogen-bond acceptors (Lipinski definition) is 1. The first kappa shape index (κ1) is 8.41. The van der Waals surface area contributed by atoms with Gasteiger partial charge in [0, 0.05) is 11.9 Å². The monoisotopic (exact) mass is 161 g/mol. The predicted molar refractivity (Wildman–Crippen MR) is 50.9 cm³/mol. The highest BCUT2D eigenvalue weighted by Gasteiger charge is 2.31. The Hall–Kier alpha value is 0.310. The summed E-state index contributed by atoms with van der Waals surface area (Å²) in [5, 5.41) is 4.40. The normalized spacial score (nSPS) is 34.7. The molecule has 1 N–H and O–H groups in total. The predicted octanol–water partition coefficient (Wildman–Crippen LogP) is 1.64. The van der Waals surface area contributed by atoms with Gasteiger partial charge in [-0.15, -0.1) is 0 Å². The second-order valence-corrected chi connectivity index (χ2v) is 8.11. The summed E-state index contributed by atoms with van der Waals surface area (Å²) in [6.45, 7) is 5.88. The minimum Gasteiger partial charge on any atom is -0.306 e. The number of nitrogens with one attached hydrogen (secondary N) is 1. The van der Waals surface area contributed by atoms with Crippen molar-refractivity contribution in [2.75, 3.05) is 24.8 Å². The third-order valence-corrected chi connectivity index (χ3v) is 5.61.